The van der Waals surface area contributed by atoms with Gasteiger partial charge in [-0.15, -0.1) is 5.10 Å². The molecule has 0 spiro atoms. The maximum atomic E-state index is 10.4. The highest BCUT2D eigenvalue weighted by molar-refractivity contribution is 5.55. The Morgan fingerprint density at radius 3 is 2.58 bits per heavy atom. The van der Waals surface area contributed by atoms with Gasteiger partial charge in [0.05, 0.1) is 5.69 Å². The number of methoxy groups -OCH3 is 1. The lowest BCUT2D eigenvalue weighted by atomic mass is 9.99. The van der Waals surface area contributed by atoms with Crippen molar-refractivity contribution in [2.75, 3.05) is 7.11 Å². The summed E-state index contributed by atoms with van der Waals surface area (Å²) in [6, 6.07) is 9.95. The standard InChI is InChI=1S/C19H23N5O2/c1-13(2)16-10-11-20-17(18(16)25)9-6-14-4-7-15(8-5-14)19-21-22-23-24(19)12-26-3/h4-5,7-8,10-11,13,25H,6,9,12H2,1-3H3. The highest BCUT2D eigenvalue weighted by atomic mass is 16.5. The average molecular weight is 353 g/mol. The molecule has 26 heavy (non-hydrogen) atoms. The van der Waals surface area contributed by atoms with Crippen LogP contribution < -0.4 is 0 Å². The highest BCUT2D eigenvalue weighted by Crippen LogP contribution is 2.28. The summed E-state index contributed by atoms with van der Waals surface area (Å²) in [4.78, 5) is 4.33. The number of hydrogen-bond acceptors (Lipinski definition) is 6. The van der Waals surface area contributed by atoms with Crippen LogP contribution in [0.2, 0.25) is 0 Å². The first-order valence-electron chi connectivity index (χ1n) is 8.61. The number of aryl methyl sites for hydroxylation is 2. The van der Waals surface area contributed by atoms with Crippen LogP contribution in [0, 0.1) is 0 Å². The fraction of sp³-hybridized carbons (Fsp3) is 0.368. The summed E-state index contributed by atoms with van der Waals surface area (Å²) in [5.74, 6) is 1.26. The monoisotopic (exact) mass is 353 g/mol. The van der Waals surface area contributed by atoms with Crippen molar-refractivity contribution < 1.29 is 9.84 Å². The van der Waals surface area contributed by atoms with Crippen molar-refractivity contribution in [2.24, 2.45) is 0 Å². The smallest absolute Gasteiger partial charge is 0.184 e. The number of hydrogen-bond donors (Lipinski definition) is 1. The van der Waals surface area contributed by atoms with Gasteiger partial charge in [0.2, 0.25) is 0 Å². The van der Waals surface area contributed by atoms with E-state index in [9.17, 15) is 5.11 Å². The van der Waals surface area contributed by atoms with Crippen LogP contribution in [-0.4, -0.2) is 37.4 Å². The van der Waals surface area contributed by atoms with E-state index < -0.39 is 0 Å². The van der Waals surface area contributed by atoms with E-state index >= 15 is 0 Å². The summed E-state index contributed by atoms with van der Waals surface area (Å²) in [6.45, 7) is 4.44. The van der Waals surface area contributed by atoms with Gasteiger partial charge in [-0.25, -0.2) is 0 Å². The number of benzene rings is 1. The summed E-state index contributed by atoms with van der Waals surface area (Å²) in [7, 11) is 1.60. The molecule has 0 unspecified atom stereocenters. The van der Waals surface area contributed by atoms with E-state index in [1.165, 1.54) is 0 Å². The lowest BCUT2D eigenvalue weighted by molar-refractivity contribution is 0.120. The van der Waals surface area contributed by atoms with E-state index in [0.717, 1.165) is 28.8 Å². The minimum absolute atomic E-state index is 0.272. The maximum Gasteiger partial charge on any atom is 0.184 e. The Hall–Kier alpha value is -2.80. The first-order chi connectivity index (χ1) is 12.6. The van der Waals surface area contributed by atoms with E-state index in [4.69, 9.17) is 4.74 Å². The number of pyridine rings is 1. The Morgan fingerprint density at radius 2 is 1.88 bits per heavy atom. The molecule has 0 aliphatic heterocycles. The van der Waals surface area contributed by atoms with Gasteiger partial charge < -0.3 is 9.84 Å². The molecule has 1 aromatic carbocycles. The van der Waals surface area contributed by atoms with Crippen LogP contribution in [0.5, 0.6) is 5.75 Å². The second kappa shape index (κ2) is 8.05. The average Bonchev–Trinajstić information content (AvgIpc) is 3.10. The maximum absolute atomic E-state index is 10.4. The molecule has 0 saturated carbocycles. The van der Waals surface area contributed by atoms with Crippen molar-refractivity contribution in [3.8, 4) is 17.1 Å². The minimum Gasteiger partial charge on any atom is -0.506 e. The largest absolute Gasteiger partial charge is 0.506 e. The van der Waals surface area contributed by atoms with Crippen molar-refractivity contribution in [1.82, 2.24) is 25.2 Å². The zero-order chi connectivity index (χ0) is 18.5. The second-order valence-corrected chi connectivity index (χ2v) is 6.47. The Labute approximate surface area is 152 Å². The van der Waals surface area contributed by atoms with E-state index in [-0.39, 0.29) is 5.92 Å². The fourth-order valence-electron chi connectivity index (χ4n) is 2.87. The molecule has 1 N–H and O–H groups in total. The number of aromatic hydroxyl groups is 1. The Balaban J connectivity index is 1.71. The highest BCUT2D eigenvalue weighted by Gasteiger charge is 2.12. The molecule has 0 radical (unpaired) electrons. The molecule has 3 rings (SSSR count). The van der Waals surface area contributed by atoms with Gasteiger partial charge in [0.15, 0.2) is 5.82 Å². The number of aromatic nitrogens is 5. The van der Waals surface area contributed by atoms with Crippen LogP contribution in [0.4, 0.5) is 0 Å². The third kappa shape index (κ3) is 3.88. The molecule has 3 aromatic rings. The molecule has 7 heteroatoms. The van der Waals surface area contributed by atoms with E-state index in [2.05, 4.69) is 34.4 Å². The lowest BCUT2D eigenvalue weighted by Gasteiger charge is -2.11. The van der Waals surface area contributed by atoms with Gasteiger partial charge in [0, 0.05) is 18.9 Å². The predicted molar refractivity (Wildman–Crippen MR) is 97.7 cm³/mol. The fourth-order valence-corrected chi connectivity index (χ4v) is 2.87. The van der Waals surface area contributed by atoms with Crippen LogP contribution >= 0.6 is 0 Å². The Morgan fingerprint density at radius 1 is 1.12 bits per heavy atom. The minimum atomic E-state index is 0.272. The first-order valence-corrected chi connectivity index (χ1v) is 8.61. The van der Waals surface area contributed by atoms with Crippen LogP contribution in [0.1, 0.15) is 36.6 Å². The molecule has 0 saturated heterocycles. The number of rotatable bonds is 7. The SMILES string of the molecule is COCn1nnnc1-c1ccc(CCc2nccc(C(C)C)c2O)cc1. The Kier molecular flexibility index (Phi) is 5.58. The van der Waals surface area contributed by atoms with Gasteiger partial charge in [-0.2, -0.15) is 4.68 Å². The first kappa shape index (κ1) is 18.0. The second-order valence-electron chi connectivity index (χ2n) is 6.47. The normalized spacial score (nSPS) is 11.2. The zero-order valence-corrected chi connectivity index (χ0v) is 15.3. The number of nitrogens with zero attached hydrogens (tertiary/aromatic N) is 5. The van der Waals surface area contributed by atoms with Crippen molar-refractivity contribution >= 4 is 0 Å². The molecule has 0 bridgehead atoms. The molecule has 0 atom stereocenters. The molecule has 0 aliphatic carbocycles. The number of ether oxygens (including phenoxy) is 1. The molecule has 136 valence electrons. The van der Waals surface area contributed by atoms with Crippen LogP contribution in [0.15, 0.2) is 36.5 Å². The van der Waals surface area contributed by atoms with E-state index in [0.29, 0.717) is 24.7 Å². The summed E-state index contributed by atoms with van der Waals surface area (Å²) in [5.41, 5.74) is 3.77. The van der Waals surface area contributed by atoms with Gasteiger partial charge in [-0.3, -0.25) is 4.98 Å². The van der Waals surface area contributed by atoms with Gasteiger partial charge in [0.1, 0.15) is 12.5 Å². The zero-order valence-electron chi connectivity index (χ0n) is 15.3. The van der Waals surface area contributed by atoms with Gasteiger partial charge in [-0.1, -0.05) is 38.1 Å². The molecule has 0 fully saturated rings. The van der Waals surface area contributed by atoms with E-state index in [1.807, 2.05) is 30.3 Å². The van der Waals surface area contributed by atoms with Crippen molar-refractivity contribution in [1.29, 1.82) is 0 Å². The van der Waals surface area contributed by atoms with Crippen molar-refractivity contribution in [3.63, 3.8) is 0 Å². The van der Waals surface area contributed by atoms with Crippen molar-refractivity contribution in [3.05, 3.63) is 53.3 Å². The number of tetrazole rings is 1. The molecular formula is C19H23N5O2. The summed E-state index contributed by atoms with van der Waals surface area (Å²) >= 11 is 0. The van der Waals surface area contributed by atoms with Crippen LogP contribution in [-0.2, 0) is 24.3 Å². The van der Waals surface area contributed by atoms with Crippen LogP contribution in [0.3, 0.4) is 0 Å². The van der Waals surface area contributed by atoms with Crippen LogP contribution in [0.25, 0.3) is 11.4 Å². The molecule has 7 nitrogen and oxygen atoms in total. The third-order valence-electron chi connectivity index (χ3n) is 4.30. The van der Waals surface area contributed by atoms with Gasteiger partial charge in [-0.05, 0) is 46.4 Å². The summed E-state index contributed by atoms with van der Waals surface area (Å²) in [6.07, 6.45) is 3.25. The molecule has 2 aromatic heterocycles. The van der Waals surface area contributed by atoms with Gasteiger partial charge in [0.25, 0.3) is 0 Å². The third-order valence-corrected chi connectivity index (χ3v) is 4.30. The van der Waals surface area contributed by atoms with Gasteiger partial charge >= 0.3 is 0 Å². The molecule has 2 heterocycles. The predicted octanol–water partition coefficient (Wildman–Crippen LogP) is 2.95. The quantitative estimate of drug-likeness (QED) is 0.703. The molecule has 0 amide bonds. The molecule has 0 aliphatic rings. The summed E-state index contributed by atoms with van der Waals surface area (Å²) in [5, 5.41) is 22.0. The topological polar surface area (TPSA) is 86.0 Å². The lowest BCUT2D eigenvalue weighted by Crippen LogP contribution is -2.04. The molecular weight excluding hydrogens is 330 g/mol. The van der Waals surface area contributed by atoms with E-state index in [1.54, 1.807) is 18.0 Å². The summed E-state index contributed by atoms with van der Waals surface area (Å²) < 4.78 is 6.69. The van der Waals surface area contributed by atoms with Crippen molar-refractivity contribution in [2.45, 2.75) is 39.3 Å². The Bertz CT molecular complexity index is 859.